The molecule has 1 aromatic rings. The van der Waals surface area contributed by atoms with Gasteiger partial charge in [0, 0.05) is 29.7 Å². The summed E-state index contributed by atoms with van der Waals surface area (Å²) < 4.78 is 0. The molecule has 2 heterocycles. The Hall–Kier alpha value is -1.62. The van der Waals surface area contributed by atoms with E-state index in [0.29, 0.717) is 24.0 Å². The van der Waals surface area contributed by atoms with Crippen molar-refractivity contribution in [2.24, 2.45) is 5.92 Å². The second-order valence-electron chi connectivity index (χ2n) is 7.84. The monoisotopic (exact) mass is 357 g/mol. The topological polar surface area (TPSA) is 44.4 Å². The number of piperidine rings is 2. The van der Waals surface area contributed by atoms with Gasteiger partial charge in [-0.2, -0.15) is 0 Å². The van der Waals surface area contributed by atoms with Crippen LogP contribution in [0, 0.1) is 12.8 Å². The lowest BCUT2D eigenvalue weighted by atomic mass is 9.82. The molecule has 4 rings (SSSR count). The van der Waals surface area contributed by atoms with Crippen molar-refractivity contribution < 1.29 is 4.79 Å². The lowest BCUT2D eigenvalue weighted by Gasteiger charge is -2.50. The van der Waals surface area contributed by atoms with Crippen LogP contribution < -0.4 is 10.6 Å². The van der Waals surface area contributed by atoms with Gasteiger partial charge in [0.25, 0.3) is 0 Å². The van der Waals surface area contributed by atoms with Crippen LogP contribution in [-0.2, 0) is 4.79 Å². The molecule has 1 aliphatic carbocycles. The average molecular weight is 358 g/mol. The SMILES string of the molecule is Cc1ccccc1NC(=S)N1[C@H]2CCC[C@H]1CC(NC(=O)C1CC1)C2. The van der Waals surface area contributed by atoms with Crippen molar-refractivity contribution in [1.82, 2.24) is 10.2 Å². The van der Waals surface area contributed by atoms with Gasteiger partial charge in [-0.05, 0) is 75.7 Å². The van der Waals surface area contributed by atoms with Crippen molar-refractivity contribution in [3.63, 3.8) is 0 Å². The Bertz CT molecular complexity index is 659. The number of anilines is 1. The largest absolute Gasteiger partial charge is 0.353 e. The summed E-state index contributed by atoms with van der Waals surface area (Å²) in [5.74, 6) is 0.568. The van der Waals surface area contributed by atoms with Crippen molar-refractivity contribution in [2.75, 3.05) is 5.32 Å². The maximum Gasteiger partial charge on any atom is 0.223 e. The summed E-state index contributed by atoms with van der Waals surface area (Å²) in [5.41, 5.74) is 2.30. The Labute approximate surface area is 155 Å². The number of carbonyl (C=O) groups is 1. The van der Waals surface area contributed by atoms with E-state index in [-0.39, 0.29) is 5.91 Å². The number of thiocarbonyl (C=S) groups is 1. The fourth-order valence-corrected chi connectivity index (χ4v) is 4.80. The summed E-state index contributed by atoms with van der Waals surface area (Å²) in [4.78, 5) is 14.5. The quantitative estimate of drug-likeness (QED) is 0.811. The van der Waals surface area contributed by atoms with Gasteiger partial charge in [0.15, 0.2) is 5.11 Å². The Morgan fingerprint density at radius 3 is 2.44 bits per heavy atom. The van der Waals surface area contributed by atoms with Gasteiger partial charge in [-0.3, -0.25) is 4.79 Å². The van der Waals surface area contributed by atoms with E-state index in [1.165, 1.54) is 24.8 Å². The summed E-state index contributed by atoms with van der Waals surface area (Å²) in [6.45, 7) is 2.10. The molecule has 2 bridgehead atoms. The number of aryl methyl sites for hydroxylation is 1. The zero-order chi connectivity index (χ0) is 17.4. The highest BCUT2D eigenvalue weighted by atomic mass is 32.1. The zero-order valence-corrected chi connectivity index (χ0v) is 15.6. The Balaban J connectivity index is 1.43. The van der Waals surface area contributed by atoms with E-state index in [9.17, 15) is 4.79 Å². The van der Waals surface area contributed by atoms with Gasteiger partial charge in [0.2, 0.25) is 5.91 Å². The third kappa shape index (κ3) is 3.66. The summed E-state index contributed by atoms with van der Waals surface area (Å²) in [6, 6.07) is 9.49. The molecule has 5 heteroatoms. The number of nitrogens with one attached hydrogen (secondary N) is 2. The molecule has 1 aromatic carbocycles. The number of hydrogen-bond donors (Lipinski definition) is 2. The molecule has 2 aliphatic heterocycles. The first kappa shape index (κ1) is 16.8. The first-order valence-corrected chi connectivity index (χ1v) is 9.98. The Morgan fingerprint density at radius 2 is 1.80 bits per heavy atom. The van der Waals surface area contributed by atoms with Gasteiger partial charge in [0.1, 0.15) is 0 Å². The molecule has 2 atom stereocenters. The molecule has 1 saturated carbocycles. The van der Waals surface area contributed by atoms with E-state index < -0.39 is 0 Å². The average Bonchev–Trinajstić information content (AvgIpc) is 3.41. The summed E-state index contributed by atoms with van der Waals surface area (Å²) in [6.07, 6.45) is 7.78. The smallest absolute Gasteiger partial charge is 0.223 e. The van der Waals surface area contributed by atoms with Crippen LogP contribution in [0.1, 0.15) is 50.5 Å². The molecule has 3 aliphatic rings. The summed E-state index contributed by atoms with van der Waals surface area (Å²) in [5, 5.41) is 7.60. The van der Waals surface area contributed by atoms with Crippen LogP contribution in [0.15, 0.2) is 24.3 Å². The number of para-hydroxylation sites is 1. The van der Waals surface area contributed by atoms with Crippen LogP contribution >= 0.6 is 12.2 Å². The van der Waals surface area contributed by atoms with Gasteiger partial charge in [0.05, 0.1) is 0 Å². The maximum absolute atomic E-state index is 12.1. The fourth-order valence-electron chi connectivity index (χ4n) is 4.39. The molecule has 1 amide bonds. The highest BCUT2D eigenvalue weighted by molar-refractivity contribution is 7.80. The minimum absolute atomic E-state index is 0.275. The van der Waals surface area contributed by atoms with E-state index in [2.05, 4.69) is 34.6 Å². The molecule has 2 saturated heterocycles. The minimum Gasteiger partial charge on any atom is -0.353 e. The zero-order valence-electron chi connectivity index (χ0n) is 14.8. The molecule has 4 nitrogen and oxygen atoms in total. The molecule has 25 heavy (non-hydrogen) atoms. The third-order valence-electron chi connectivity index (χ3n) is 5.89. The highest BCUT2D eigenvalue weighted by Gasteiger charge is 2.41. The van der Waals surface area contributed by atoms with Crippen LogP contribution in [0.3, 0.4) is 0 Å². The predicted molar refractivity (Wildman–Crippen MR) is 105 cm³/mol. The maximum atomic E-state index is 12.1. The van der Waals surface area contributed by atoms with E-state index >= 15 is 0 Å². The van der Waals surface area contributed by atoms with E-state index in [4.69, 9.17) is 12.2 Å². The van der Waals surface area contributed by atoms with Crippen LogP contribution in [0.25, 0.3) is 0 Å². The lowest BCUT2D eigenvalue weighted by Crippen LogP contribution is -2.59. The van der Waals surface area contributed by atoms with Crippen molar-refractivity contribution in [2.45, 2.75) is 70.0 Å². The normalized spacial score (nSPS) is 28.4. The van der Waals surface area contributed by atoms with Crippen molar-refractivity contribution >= 4 is 28.9 Å². The Kier molecular flexibility index (Phi) is 4.67. The van der Waals surface area contributed by atoms with Crippen molar-refractivity contribution in [1.29, 1.82) is 0 Å². The van der Waals surface area contributed by atoms with Crippen LogP contribution in [-0.4, -0.2) is 34.0 Å². The van der Waals surface area contributed by atoms with E-state index in [1.807, 2.05) is 12.1 Å². The number of carbonyl (C=O) groups excluding carboxylic acids is 1. The number of rotatable bonds is 3. The van der Waals surface area contributed by atoms with Gasteiger partial charge in [-0.25, -0.2) is 0 Å². The molecule has 0 radical (unpaired) electrons. The Morgan fingerprint density at radius 1 is 1.12 bits per heavy atom. The molecule has 134 valence electrons. The third-order valence-corrected chi connectivity index (χ3v) is 6.20. The number of fused-ring (bicyclic) bond motifs is 2. The molecule has 0 spiro atoms. The molecular weight excluding hydrogens is 330 g/mol. The van der Waals surface area contributed by atoms with E-state index in [0.717, 1.165) is 36.5 Å². The lowest BCUT2D eigenvalue weighted by molar-refractivity contribution is -0.123. The van der Waals surface area contributed by atoms with Crippen LogP contribution in [0.2, 0.25) is 0 Å². The molecule has 3 fully saturated rings. The van der Waals surface area contributed by atoms with E-state index in [1.54, 1.807) is 0 Å². The number of amides is 1. The molecular formula is C20H27N3OS. The first-order valence-electron chi connectivity index (χ1n) is 9.57. The fraction of sp³-hybridized carbons (Fsp3) is 0.600. The predicted octanol–water partition coefficient (Wildman–Crippen LogP) is 3.60. The second kappa shape index (κ2) is 6.94. The van der Waals surface area contributed by atoms with Crippen molar-refractivity contribution in [3.05, 3.63) is 29.8 Å². The molecule has 2 N–H and O–H groups in total. The van der Waals surface area contributed by atoms with Gasteiger partial charge >= 0.3 is 0 Å². The van der Waals surface area contributed by atoms with Gasteiger partial charge in [-0.1, -0.05) is 18.2 Å². The molecule has 0 unspecified atom stereocenters. The summed E-state index contributed by atoms with van der Waals surface area (Å²) in [7, 11) is 0. The number of benzene rings is 1. The first-order chi connectivity index (χ1) is 12.1. The van der Waals surface area contributed by atoms with Gasteiger partial charge in [-0.15, -0.1) is 0 Å². The number of hydrogen-bond acceptors (Lipinski definition) is 2. The highest BCUT2D eigenvalue weighted by Crippen LogP contribution is 2.36. The molecule has 0 aromatic heterocycles. The van der Waals surface area contributed by atoms with Gasteiger partial charge < -0.3 is 15.5 Å². The number of nitrogens with zero attached hydrogens (tertiary/aromatic N) is 1. The van der Waals surface area contributed by atoms with Crippen LogP contribution in [0.5, 0.6) is 0 Å². The standard InChI is InChI=1S/C20H27N3OS/c1-13-5-2-3-8-18(13)22-20(25)23-16-6-4-7-17(23)12-15(11-16)21-19(24)14-9-10-14/h2-3,5,8,14-17H,4,6-7,9-12H2,1H3,(H,21,24)(H,22,25)/t16-,17-/m0/s1. The van der Waals surface area contributed by atoms with Crippen molar-refractivity contribution in [3.8, 4) is 0 Å². The second-order valence-corrected chi connectivity index (χ2v) is 8.23. The minimum atomic E-state index is 0.275. The summed E-state index contributed by atoms with van der Waals surface area (Å²) >= 11 is 5.78. The van der Waals surface area contributed by atoms with Crippen LogP contribution in [0.4, 0.5) is 5.69 Å².